The fourth-order valence-corrected chi connectivity index (χ4v) is 6.67. The van der Waals surface area contributed by atoms with Gasteiger partial charge in [0.05, 0.1) is 10.6 Å². The second-order valence-electron chi connectivity index (χ2n) is 9.63. The average molecular weight is 497 g/mol. The summed E-state index contributed by atoms with van der Waals surface area (Å²) >= 11 is 0. The lowest BCUT2D eigenvalue weighted by molar-refractivity contribution is -0.124. The van der Waals surface area contributed by atoms with Gasteiger partial charge in [-0.2, -0.15) is 0 Å². The predicted molar refractivity (Wildman–Crippen MR) is 134 cm³/mol. The Morgan fingerprint density at radius 2 is 1.51 bits per heavy atom. The van der Waals surface area contributed by atoms with Gasteiger partial charge in [-0.25, -0.2) is 17.2 Å². The lowest BCUT2D eigenvalue weighted by atomic mass is 9.78. The van der Waals surface area contributed by atoms with Crippen LogP contribution in [0.2, 0.25) is 0 Å². The minimum atomic E-state index is -3.47. The molecule has 0 unspecified atom stereocenters. The highest BCUT2D eigenvalue weighted by Gasteiger charge is 2.30. The molecule has 0 bridgehead atoms. The largest absolute Gasteiger partial charge is 0.299 e. The first-order chi connectivity index (χ1) is 16.7. The predicted octanol–water partition coefficient (Wildman–Crippen LogP) is 6.97. The van der Waals surface area contributed by atoms with E-state index in [4.69, 9.17) is 0 Å². The van der Waals surface area contributed by atoms with Crippen molar-refractivity contribution in [2.45, 2.75) is 49.8 Å². The Kier molecular flexibility index (Phi) is 7.80. The van der Waals surface area contributed by atoms with E-state index in [9.17, 15) is 22.0 Å². The summed E-state index contributed by atoms with van der Waals surface area (Å²) in [4.78, 5) is 13.1. The molecule has 0 saturated heterocycles. The maximum absolute atomic E-state index is 14.0. The van der Waals surface area contributed by atoms with Crippen molar-refractivity contribution in [1.82, 2.24) is 0 Å². The van der Waals surface area contributed by atoms with E-state index in [1.165, 1.54) is 18.2 Å². The normalized spacial score (nSPS) is 19.3. The van der Waals surface area contributed by atoms with Gasteiger partial charge in [-0.1, -0.05) is 49.4 Å². The van der Waals surface area contributed by atoms with Crippen LogP contribution in [-0.2, 0) is 14.6 Å². The molecule has 1 aliphatic carbocycles. The first-order valence-corrected chi connectivity index (χ1v) is 13.7. The summed E-state index contributed by atoms with van der Waals surface area (Å²) in [6, 6.07) is 19.0. The minimum absolute atomic E-state index is 0.0183. The Labute approximate surface area is 206 Å². The van der Waals surface area contributed by atoms with Gasteiger partial charge < -0.3 is 0 Å². The van der Waals surface area contributed by atoms with Crippen molar-refractivity contribution in [3.05, 3.63) is 90.0 Å². The van der Waals surface area contributed by atoms with E-state index in [-0.39, 0.29) is 45.8 Å². The Bertz CT molecular complexity index is 1260. The summed E-state index contributed by atoms with van der Waals surface area (Å²) in [5.41, 5.74) is 2.02. The number of sulfone groups is 1. The summed E-state index contributed by atoms with van der Waals surface area (Å²) < 4.78 is 53.1. The average Bonchev–Trinajstić information content (AvgIpc) is 2.85. The molecule has 0 aromatic heterocycles. The molecule has 0 aliphatic heterocycles. The van der Waals surface area contributed by atoms with Crippen molar-refractivity contribution in [3.63, 3.8) is 0 Å². The molecular formula is C29H30F2O3S. The molecule has 1 saturated carbocycles. The molecule has 4 rings (SSSR count). The van der Waals surface area contributed by atoms with Gasteiger partial charge in [0, 0.05) is 17.9 Å². The standard InChI is InChI=1S/C29H30F2O3S/c1-20(22-10-14-25(30)15-11-22)18-29(32)24-8-6-21(7-9-24)19-35(33,34)26-16-12-23(13-17-26)27-4-2-3-5-28(27)31/h2-5,10-17,20-21,24H,6-9,18-19H2,1H3/t20-,21?,24?/m0/s1. The second kappa shape index (κ2) is 10.8. The van der Waals surface area contributed by atoms with Crippen LogP contribution >= 0.6 is 0 Å². The molecule has 6 heteroatoms. The molecule has 3 nitrogen and oxygen atoms in total. The zero-order valence-electron chi connectivity index (χ0n) is 19.8. The summed E-state index contributed by atoms with van der Waals surface area (Å²) in [6.07, 6.45) is 3.21. The fraction of sp³-hybridized carbons (Fsp3) is 0.345. The summed E-state index contributed by atoms with van der Waals surface area (Å²) in [5.74, 6) is -0.385. The molecule has 0 amide bonds. The van der Waals surface area contributed by atoms with E-state index in [0.29, 0.717) is 43.2 Å². The van der Waals surface area contributed by atoms with Crippen LogP contribution in [0.1, 0.15) is 50.5 Å². The van der Waals surface area contributed by atoms with E-state index in [1.54, 1.807) is 54.6 Å². The van der Waals surface area contributed by atoms with Crippen molar-refractivity contribution >= 4 is 15.6 Å². The number of Topliss-reactive ketones (excluding diaryl/α,β-unsaturated/α-hetero) is 1. The van der Waals surface area contributed by atoms with Crippen LogP contribution in [0.4, 0.5) is 8.78 Å². The second-order valence-corrected chi connectivity index (χ2v) is 11.7. The maximum Gasteiger partial charge on any atom is 0.178 e. The Morgan fingerprint density at radius 3 is 2.14 bits per heavy atom. The minimum Gasteiger partial charge on any atom is -0.299 e. The van der Waals surface area contributed by atoms with Gasteiger partial charge in [0.1, 0.15) is 17.4 Å². The van der Waals surface area contributed by atoms with Gasteiger partial charge >= 0.3 is 0 Å². The highest BCUT2D eigenvalue weighted by molar-refractivity contribution is 7.91. The number of rotatable bonds is 8. The van der Waals surface area contributed by atoms with Crippen molar-refractivity contribution in [2.24, 2.45) is 11.8 Å². The fourth-order valence-electron chi connectivity index (χ4n) is 4.97. The SMILES string of the molecule is C[C@@H](CC(=O)C1CCC(CS(=O)(=O)c2ccc(-c3ccccc3F)cc2)CC1)c1ccc(F)cc1. The van der Waals surface area contributed by atoms with E-state index in [0.717, 1.165) is 5.56 Å². The van der Waals surface area contributed by atoms with E-state index in [1.807, 2.05) is 6.92 Å². The molecule has 0 N–H and O–H groups in total. The lowest BCUT2D eigenvalue weighted by Crippen LogP contribution is -2.26. The van der Waals surface area contributed by atoms with Crippen molar-refractivity contribution < 1.29 is 22.0 Å². The van der Waals surface area contributed by atoms with Crippen LogP contribution in [0, 0.1) is 23.5 Å². The lowest BCUT2D eigenvalue weighted by Gasteiger charge is -2.28. The van der Waals surface area contributed by atoms with Gasteiger partial charge in [0.2, 0.25) is 0 Å². The topological polar surface area (TPSA) is 51.2 Å². The zero-order valence-corrected chi connectivity index (χ0v) is 20.6. The molecular weight excluding hydrogens is 466 g/mol. The number of hydrogen-bond acceptors (Lipinski definition) is 3. The Balaban J connectivity index is 1.31. The third-order valence-electron chi connectivity index (χ3n) is 7.10. The molecule has 35 heavy (non-hydrogen) atoms. The first-order valence-electron chi connectivity index (χ1n) is 12.1. The van der Waals surface area contributed by atoms with Crippen molar-refractivity contribution in [1.29, 1.82) is 0 Å². The summed E-state index contributed by atoms with van der Waals surface area (Å²) in [5, 5.41) is 0. The van der Waals surface area contributed by atoms with Crippen LogP contribution in [0.5, 0.6) is 0 Å². The molecule has 1 fully saturated rings. The van der Waals surface area contributed by atoms with Crippen molar-refractivity contribution in [3.8, 4) is 11.1 Å². The van der Waals surface area contributed by atoms with Crippen LogP contribution in [0.15, 0.2) is 77.7 Å². The van der Waals surface area contributed by atoms with E-state index in [2.05, 4.69) is 0 Å². The highest BCUT2D eigenvalue weighted by atomic mass is 32.2. The molecule has 0 heterocycles. The van der Waals surface area contributed by atoms with E-state index >= 15 is 0 Å². The number of hydrogen-bond donors (Lipinski definition) is 0. The molecule has 3 aromatic rings. The monoisotopic (exact) mass is 496 g/mol. The number of carbonyl (C=O) groups is 1. The molecule has 0 spiro atoms. The van der Waals surface area contributed by atoms with Gasteiger partial charge in [0.25, 0.3) is 0 Å². The molecule has 184 valence electrons. The van der Waals surface area contributed by atoms with Crippen LogP contribution in [-0.4, -0.2) is 20.0 Å². The van der Waals surface area contributed by atoms with E-state index < -0.39 is 9.84 Å². The third-order valence-corrected chi connectivity index (χ3v) is 9.00. The highest BCUT2D eigenvalue weighted by Crippen LogP contribution is 2.34. The Morgan fingerprint density at radius 1 is 0.886 bits per heavy atom. The molecule has 1 aliphatic rings. The smallest absolute Gasteiger partial charge is 0.178 e. The first kappa shape index (κ1) is 25.2. The van der Waals surface area contributed by atoms with Crippen LogP contribution < -0.4 is 0 Å². The van der Waals surface area contributed by atoms with Gasteiger partial charge in [-0.15, -0.1) is 0 Å². The number of ketones is 1. The molecule has 3 aromatic carbocycles. The van der Waals surface area contributed by atoms with Crippen LogP contribution in [0.3, 0.4) is 0 Å². The van der Waals surface area contributed by atoms with Gasteiger partial charge in [0.15, 0.2) is 9.84 Å². The van der Waals surface area contributed by atoms with Gasteiger partial charge in [-0.05, 0) is 79.0 Å². The zero-order chi connectivity index (χ0) is 25.0. The Hall–Kier alpha value is -2.86. The summed E-state index contributed by atoms with van der Waals surface area (Å²) in [7, 11) is -3.47. The number of benzene rings is 3. The third kappa shape index (κ3) is 6.23. The van der Waals surface area contributed by atoms with Gasteiger partial charge in [-0.3, -0.25) is 4.79 Å². The number of carbonyl (C=O) groups excluding carboxylic acids is 1. The van der Waals surface area contributed by atoms with Crippen LogP contribution in [0.25, 0.3) is 11.1 Å². The molecule has 1 atom stereocenters. The maximum atomic E-state index is 14.0. The van der Waals surface area contributed by atoms with Crippen molar-refractivity contribution in [2.75, 3.05) is 5.75 Å². The quantitative estimate of drug-likeness (QED) is 0.338. The summed E-state index contributed by atoms with van der Waals surface area (Å²) in [6.45, 7) is 1.97. The number of halogens is 2. The molecule has 0 radical (unpaired) electrons.